The van der Waals surface area contributed by atoms with Gasteiger partial charge in [-0.05, 0) is 52.8 Å². The van der Waals surface area contributed by atoms with Crippen LogP contribution < -0.4 is 0 Å². The first-order valence-electron chi connectivity index (χ1n) is 5.24. The fourth-order valence-corrected chi connectivity index (χ4v) is 3.33. The van der Waals surface area contributed by atoms with Gasteiger partial charge in [0.05, 0.1) is 9.70 Å². The summed E-state index contributed by atoms with van der Waals surface area (Å²) in [7, 11) is 2.01. The van der Waals surface area contributed by atoms with Gasteiger partial charge in [-0.1, -0.05) is 0 Å². The zero-order valence-electron chi connectivity index (χ0n) is 9.02. The van der Waals surface area contributed by atoms with E-state index in [1.165, 1.54) is 5.56 Å². The zero-order valence-corrected chi connectivity index (χ0v) is 11.4. The van der Waals surface area contributed by atoms with Crippen molar-refractivity contribution in [3.63, 3.8) is 0 Å². The molecule has 2 unspecified atom stereocenters. The molecule has 1 aromatic heterocycles. The third kappa shape index (κ3) is 2.47. The third-order valence-corrected chi connectivity index (χ3v) is 4.73. The molecule has 1 aromatic rings. The maximum Gasteiger partial charge on any atom is 0.308 e. The quantitative estimate of drug-likeness (QED) is 0.930. The van der Waals surface area contributed by atoms with Gasteiger partial charge >= 0.3 is 5.97 Å². The van der Waals surface area contributed by atoms with Crippen molar-refractivity contribution in [1.29, 1.82) is 0 Å². The molecule has 3 nitrogen and oxygen atoms in total. The highest BCUT2D eigenvalue weighted by atomic mass is 79.9. The lowest BCUT2D eigenvalue weighted by Gasteiger charge is -2.40. The molecule has 0 bridgehead atoms. The monoisotopic (exact) mass is 303 g/mol. The van der Waals surface area contributed by atoms with Gasteiger partial charge in [0.1, 0.15) is 0 Å². The molecule has 1 fully saturated rings. The zero-order chi connectivity index (χ0) is 11.7. The van der Waals surface area contributed by atoms with Gasteiger partial charge in [-0.3, -0.25) is 9.69 Å². The molecule has 1 aliphatic carbocycles. The van der Waals surface area contributed by atoms with E-state index in [0.717, 1.165) is 23.2 Å². The molecule has 1 saturated carbocycles. The summed E-state index contributed by atoms with van der Waals surface area (Å²) < 4.78 is 1.12. The van der Waals surface area contributed by atoms with E-state index in [0.29, 0.717) is 0 Å². The van der Waals surface area contributed by atoms with Gasteiger partial charge in [-0.2, -0.15) is 0 Å². The first kappa shape index (κ1) is 12.1. The Kier molecular flexibility index (Phi) is 3.66. The van der Waals surface area contributed by atoms with Crippen LogP contribution in [0.2, 0.25) is 0 Å². The number of halogens is 1. The number of nitrogens with zero attached hydrogens (tertiary/aromatic N) is 1. The largest absolute Gasteiger partial charge is 0.481 e. The second-order valence-corrected chi connectivity index (χ2v) is 6.55. The fraction of sp³-hybridized carbons (Fsp3) is 0.545. The number of carboxylic acid groups (broad SMARTS) is 1. The van der Waals surface area contributed by atoms with Gasteiger partial charge in [0.2, 0.25) is 0 Å². The fourth-order valence-electron chi connectivity index (χ4n) is 2.13. The molecule has 2 rings (SSSR count). The van der Waals surface area contributed by atoms with Gasteiger partial charge in [-0.15, -0.1) is 11.3 Å². The van der Waals surface area contributed by atoms with Crippen LogP contribution in [0.3, 0.4) is 0 Å². The van der Waals surface area contributed by atoms with E-state index in [1.54, 1.807) is 11.3 Å². The van der Waals surface area contributed by atoms with E-state index in [1.807, 2.05) is 7.05 Å². The molecule has 88 valence electrons. The second kappa shape index (κ2) is 4.85. The van der Waals surface area contributed by atoms with E-state index in [9.17, 15) is 4.79 Å². The molecule has 0 spiro atoms. The van der Waals surface area contributed by atoms with E-state index >= 15 is 0 Å². The number of rotatable bonds is 4. The van der Waals surface area contributed by atoms with Crippen LogP contribution >= 0.6 is 27.3 Å². The molecule has 0 saturated heterocycles. The Labute approximate surface area is 107 Å². The molecule has 2 atom stereocenters. The summed E-state index contributed by atoms with van der Waals surface area (Å²) in [5, 5.41) is 11.1. The molecule has 0 aromatic carbocycles. The first-order chi connectivity index (χ1) is 7.58. The minimum Gasteiger partial charge on any atom is -0.481 e. The number of thiophene rings is 1. The molecule has 1 heterocycles. The smallest absolute Gasteiger partial charge is 0.308 e. The average molecular weight is 304 g/mol. The minimum absolute atomic E-state index is 0.174. The summed E-state index contributed by atoms with van der Waals surface area (Å²) in [5.41, 5.74) is 1.25. The Balaban J connectivity index is 1.93. The van der Waals surface area contributed by atoms with Crippen molar-refractivity contribution in [2.24, 2.45) is 5.92 Å². The van der Waals surface area contributed by atoms with Crippen molar-refractivity contribution >= 4 is 33.2 Å². The lowest BCUT2D eigenvalue weighted by Crippen LogP contribution is -2.48. The first-order valence-corrected chi connectivity index (χ1v) is 6.91. The number of hydrogen-bond donors (Lipinski definition) is 1. The molecular weight excluding hydrogens is 290 g/mol. The number of aliphatic carboxylic acids is 1. The predicted octanol–water partition coefficient (Wildman–Crippen LogP) is 2.81. The minimum atomic E-state index is -0.658. The van der Waals surface area contributed by atoms with Crippen LogP contribution in [-0.2, 0) is 11.3 Å². The summed E-state index contributed by atoms with van der Waals surface area (Å²) in [4.78, 5) is 13.1. The van der Waals surface area contributed by atoms with Gasteiger partial charge in [0.15, 0.2) is 0 Å². The van der Waals surface area contributed by atoms with Crippen molar-refractivity contribution in [2.75, 3.05) is 7.05 Å². The predicted molar refractivity (Wildman–Crippen MR) is 67.6 cm³/mol. The van der Waals surface area contributed by atoms with Crippen molar-refractivity contribution in [2.45, 2.75) is 25.4 Å². The number of carboxylic acids is 1. The highest BCUT2D eigenvalue weighted by Crippen LogP contribution is 2.33. The molecule has 5 heteroatoms. The second-order valence-electron chi connectivity index (χ2n) is 4.26. The van der Waals surface area contributed by atoms with Crippen LogP contribution in [-0.4, -0.2) is 29.1 Å². The molecular formula is C11H14BrNO2S. The van der Waals surface area contributed by atoms with Crippen molar-refractivity contribution < 1.29 is 9.90 Å². The summed E-state index contributed by atoms with van der Waals surface area (Å²) >= 11 is 5.10. The highest BCUT2D eigenvalue weighted by molar-refractivity contribution is 9.11. The Morgan fingerprint density at radius 3 is 2.88 bits per heavy atom. The van der Waals surface area contributed by atoms with E-state index in [4.69, 9.17) is 5.11 Å². The Morgan fingerprint density at radius 2 is 2.44 bits per heavy atom. The lowest BCUT2D eigenvalue weighted by atomic mass is 9.78. The average Bonchev–Trinajstić information content (AvgIpc) is 2.47. The Hall–Kier alpha value is -0.390. The Morgan fingerprint density at radius 1 is 1.69 bits per heavy atom. The molecule has 16 heavy (non-hydrogen) atoms. The normalized spacial score (nSPS) is 24.4. The van der Waals surface area contributed by atoms with E-state index < -0.39 is 5.97 Å². The van der Waals surface area contributed by atoms with E-state index in [-0.39, 0.29) is 12.0 Å². The van der Waals surface area contributed by atoms with Crippen LogP contribution in [0, 0.1) is 5.92 Å². The van der Waals surface area contributed by atoms with Crippen LogP contribution in [0.4, 0.5) is 0 Å². The molecule has 0 radical (unpaired) electrons. The SMILES string of the molecule is CN(Cc1csc(Br)c1)C1CCC1C(=O)O. The van der Waals surface area contributed by atoms with E-state index in [2.05, 4.69) is 32.3 Å². The summed E-state index contributed by atoms with van der Waals surface area (Å²) in [6, 6.07) is 2.30. The molecule has 1 N–H and O–H groups in total. The maximum absolute atomic E-state index is 10.9. The van der Waals surface area contributed by atoms with Gasteiger partial charge < -0.3 is 5.11 Å². The van der Waals surface area contributed by atoms with Gasteiger partial charge in [0, 0.05) is 12.6 Å². The third-order valence-electron chi connectivity index (χ3n) is 3.17. The van der Waals surface area contributed by atoms with Gasteiger partial charge in [0.25, 0.3) is 0 Å². The standard InChI is InChI=1S/C11H14BrNO2S/c1-13(5-7-4-10(12)16-6-7)9-3-2-8(9)11(14)15/h4,6,8-9H,2-3,5H2,1H3,(H,14,15). The lowest BCUT2D eigenvalue weighted by molar-refractivity contribution is -0.148. The van der Waals surface area contributed by atoms with Crippen LogP contribution in [0.15, 0.2) is 15.2 Å². The summed E-state index contributed by atoms with van der Waals surface area (Å²) in [5.74, 6) is -0.832. The highest BCUT2D eigenvalue weighted by Gasteiger charge is 2.38. The molecule has 1 aliphatic rings. The number of hydrogen-bond acceptors (Lipinski definition) is 3. The summed E-state index contributed by atoms with van der Waals surface area (Å²) in [6.07, 6.45) is 1.82. The van der Waals surface area contributed by atoms with Crippen LogP contribution in [0.5, 0.6) is 0 Å². The Bertz CT molecular complexity index is 393. The van der Waals surface area contributed by atoms with Crippen molar-refractivity contribution in [1.82, 2.24) is 4.90 Å². The van der Waals surface area contributed by atoms with Crippen molar-refractivity contribution in [3.05, 3.63) is 20.8 Å². The topological polar surface area (TPSA) is 40.5 Å². The van der Waals surface area contributed by atoms with Crippen LogP contribution in [0.25, 0.3) is 0 Å². The van der Waals surface area contributed by atoms with Gasteiger partial charge in [-0.25, -0.2) is 0 Å². The van der Waals surface area contributed by atoms with Crippen LogP contribution in [0.1, 0.15) is 18.4 Å². The maximum atomic E-state index is 10.9. The number of carbonyl (C=O) groups is 1. The molecule has 0 aliphatic heterocycles. The molecule has 0 amide bonds. The van der Waals surface area contributed by atoms with Crippen molar-refractivity contribution in [3.8, 4) is 0 Å². The summed E-state index contributed by atoms with van der Waals surface area (Å²) in [6.45, 7) is 0.830.